The van der Waals surface area contributed by atoms with Crippen molar-refractivity contribution in [3.8, 4) is 23.0 Å². The lowest BCUT2D eigenvalue weighted by Crippen LogP contribution is -2.42. The van der Waals surface area contributed by atoms with Crippen molar-refractivity contribution in [1.82, 2.24) is 15.1 Å². The van der Waals surface area contributed by atoms with E-state index in [-0.39, 0.29) is 128 Å². The fourth-order valence-corrected chi connectivity index (χ4v) is 8.46. The van der Waals surface area contributed by atoms with E-state index in [4.69, 9.17) is 28.4 Å². The van der Waals surface area contributed by atoms with Gasteiger partial charge in [-0.25, -0.2) is 8.78 Å². The van der Waals surface area contributed by atoms with Crippen molar-refractivity contribution in [2.45, 2.75) is 92.8 Å². The number of hydrogen-bond donors (Lipinski definition) is 1. The first-order valence-corrected chi connectivity index (χ1v) is 22.4. The first-order valence-electron chi connectivity index (χ1n) is 21.6. The molecule has 4 atom stereocenters. The largest absolute Gasteiger partial charge is 0.493 e. The van der Waals surface area contributed by atoms with Crippen LogP contribution in [0.25, 0.3) is 10.1 Å². The number of likely N-dealkylation sites (tertiary alicyclic amines) is 1. The van der Waals surface area contributed by atoms with E-state index in [1.54, 1.807) is 26.8 Å². The number of ether oxygens (including phenoxy) is 6. The van der Waals surface area contributed by atoms with Gasteiger partial charge in [0.05, 0.1) is 56.8 Å². The van der Waals surface area contributed by atoms with Crippen LogP contribution in [0.5, 0.6) is 23.0 Å². The Hall–Kier alpha value is -5.85. The average Bonchev–Trinajstić information content (AvgIpc) is 3.98. The smallest absolute Gasteiger partial charge is 0.309 e. The molecule has 3 aromatic rings. The Morgan fingerprint density at radius 2 is 1.49 bits per heavy atom. The van der Waals surface area contributed by atoms with Crippen molar-refractivity contribution >= 4 is 62.8 Å². The number of halogens is 2. The Kier molecular flexibility index (Phi) is 17.3. The standard InChI is InChI=1S/C46H57F2N3O13S/c1-9-25(4)29-19-39(55)51(44(29)56)23-37(53)49-11-14-63-45(57)26(5)15-32(52)36-18-30-35(65-36)20-34(60-8)43(40(30)47)62-13-10-12-61-42-33(59-7)17-28-21-50(22-31(28)41(42)48)38(54)16-27(6)46(58)64-24(2)3/h17-18,20,24-27,29H,9-16,19,21-23H2,1-8H3,(H,49,53)/t25?,26-,27-,29?/m1/s1. The molecule has 2 aliphatic rings. The number of carbonyl (C=O) groups is 7. The van der Waals surface area contributed by atoms with Gasteiger partial charge in [-0.15, -0.1) is 11.3 Å². The maximum absolute atomic E-state index is 15.9. The first kappa shape index (κ1) is 50.2. The summed E-state index contributed by atoms with van der Waals surface area (Å²) in [7, 11) is 2.70. The van der Waals surface area contributed by atoms with Crippen LogP contribution in [-0.2, 0) is 51.3 Å². The highest BCUT2D eigenvalue weighted by Gasteiger charge is 2.41. The number of methoxy groups -OCH3 is 2. The van der Waals surface area contributed by atoms with E-state index in [2.05, 4.69) is 5.32 Å². The van der Waals surface area contributed by atoms with Crippen molar-refractivity contribution in [3.05, 3.63) is 45.8 Å². The lowest BCUT2D eigenvalue weighted by molar-refractivity contribution is -0.154. The van der Waals surface area contributed by atoms with Gasteiger partial charge in [0.25, 0.3) is 0 Å². The van der Waals surface area contributed by atoms with E-state index in [9.17, 15) is 33.6 Å². The van der Waals surface area contributed by atoms with Crippen LogP contribution in [-0.4, -0.2) is 104 Å². The molecule has 0 bridgehead atoms. The third-order valence-electron chi connectivity index (χ3n) is 11.3. The Morgan fingerprint density at radius 3 is 2.14 bits per heavy atom. The van der Waals surface area contributed by atoms with Crippen LogP contribution < -0.4 is 24.3 Å². The lowest BCUT2D eigenvalue weighted by Gasteiger charge is -2.18. The minimum atomic E-state index is -0.868. The number of Topliss-reactive ketones (excluding diaryl/α,β-unsaturated/α-hetero) is 1. The second-order valence-corrected chi connectivity index (χ2v) is 17.6. The van der Waals surface area contributed by atoms with Crippen molar-refractivity contribution < 1.29 is 70.8 Å². The highest BCUT2D eigenvalue weighted by atomic mass is 32.1. The van der Waals surface area contributed by atoms with Crippen LogP contribution in [0.3, 0.4) is 0 Å². The predicted molar refractivity (Wildman–Crippen MR) is 233 cm³/mol. The minimum absolute atomic E-state index is 0.0149. The van der Waals surface area contributed by atoms with Gasteiger partial charge in [-0.1, -0.05) is 34.1 Å². The molecule has 2 unspecified atom stereocenters. The molecule has 3 heterocycles. The fraction of sp³-hybridized carbons (Fsp3) is 0.543. The summed E-state index contributed by atoms with van der Waals surface area (Å²) in [6.45, 7) is 9.68. The van der Waals surface area contributed by atoms with Crippen molar-refractivity contribution in [2.75, 3.05) is 47.1 Å². The molecule has 0 saturated carbocycles. The van der Waals surface area contributed by atoms with E-state index in [0.29, 0.717) is 10.3 Å². The van der Waals surface area contributed by atoms with Gasteiger partial charge in [0.1, 0.15) is 13.2 Å². The van der Waals surface area contributed by atoms with E-state index >= 15 is 8.78 Å². The number of imide groups is 1. The number of rotatable bonds is 23. The zero-order valence-electron chi connectivity index (χ0n) is 38.0. The van der Waals surface area contributed by atoms with Gasteiger partial charge in [-0.2, -0.15) is 0 Å². The van der Waals surface area contributed by atoms with Gasteiger partial charge in [0.2, 0.25) is 23.6 Å². The summed E-state index contributed by atoms with van der Waals surface area (Å²) in [6.07, 6.45) is 0.340. The topological polar surface area (TPSA) is 193 Å². The van der Waals surface area contributed by atoms with Crippen LogP contribution in [0.2, 0.25) is 0 Å². The molecule has 16 nitrogen and oxygen atoms in total. The van der Waals surface area contributed by atoms with Crippen LogP contribution in [0.1, 0.15) is 94.4 Å². The minimum Gasteiger partial charge on any atom is -0.493 e. The van der Waals surface area contributed by atoms with Crippen molar-refractivity contribution in [3.63, 3.8) is 0 Å². The summed E-state index contributed by atoms with van der Waals surface area (Å²) in [5.74, 6) is -6.82. The summed E-state index contributed by atoms with van der Waals surface area (Å²) in [6, 6.07) is 4.52. The number of ketones is 1. The summed E-state index contributed by atoms with van der Waals surface area (Å²) in [5.41, 5.74) is 0.822. The number of hydrogen-bond acceptors (Lipinski definition) is 14. The van der Waals surface area contributed by atoms with Gasteiger partial charge in [-0.05, 0) is 37.5 Å². The van der Waals surface area contributed by atoms with Gasteiger partial charge < -0.3 is 38.6 Å². The Bertz CT molecular complexity index is 2300. The van der Waals surface area contributed by atoms with Gasteiger partial charge in [-0.3, -0.25) is 38.5 Å². The molecule has 4 amide bonds. The van der Waals surface area contributed by atoms with Gasteiger partial charge >= 0.3 is 11.9 Å². The van der Waals surface area contributed by atoms with Crippen LogP contribution >= 0.6 is 11.3 Å². The molecule has 1 saturated heterocycles. The van der Waals surface area contributed by atoms with Gasteiger partial charge in [0.15, 0.2) is 40.4 Å². The molecule has 0 spiro atoms. The molecule has 1 aromatic heterocycles. The van der Waals surface area contributed by atoms with Crippen LogP contribution in [0.15, 0.2) is 18.2 Å². The second-order valence-electron chi connectivity index (χ2n) is 16.6. The average molecular weight is 930 g/mol. The molecule has 5 rings (SSSR count). The second kappa shape index (κ2) is 22.4. The number of fused-ring (bicyclic) bond motifs is 2. The predicted octanol–water partition coefficient (Wildman–Crippen LogP) is 6.15. The summed E-state index contributed by atoms with van der Waals surface area (Å²) in [4.78, 5) is 91.1. The number of carbonyl (C=O) groups excluding carboxylic acids is 7. The highest BCUT2D eigenvalue weighted by molar-refractivity contribution is 7.20. The molecule has 0 aliphatic carbocycles. The monoisotopic (exact) mass is 929 g/mol. The fourth-order valence-electron chi connectivity index (χ4n) is 7.43. The number of esters is 2. The molecular formula is C46H57F2N3O13S. The number of nitrogens with zero attached hydrogens (tertiary/aromatic N) is 2. The molecule has 1 N–H and O–H groups in total. The maximum Gasteiger partial charge on any atom is 0.309 e. The highest BCUT2D eigenvalue weighted by Crippen LogP contribution is 2.42. The Labute approximate surface area is 380 Å². The molecule has 2 aliphatic heterocycles. The summed E-state index contributed by atoms with van der Waals surface area (Å²) in [5, 5.41) is 2.63. The third-order valence-corrected chi connectivity index (χ3v) is 12.5. The van der Waals surface area contributed by atoms with Crippen molar-refractivity contribution in [1.29, 1.82) is 0 Å². The van der Waals surface area contributed by atoms with Crippen molar-refractivity contribution in [2.24, 2.45) is 23.7 Å². The maximum atomic E-state index is 15.9. The molecule has 0 radical (unpaired) electrons. The normalized spacial score (nSPS) is 16.0. The summed E-state index contributed by atoms with van der Waals surface area (Å²) < 4.78 is 65.0. The lowest BCUT2D eigenvalue weighted by atomic mass is 9.90. The van der Waals surface area contributed by atoms with E-state index < -0.39 is 65.5 Å². The van der Waals surface area contributed by atoms with E-state index in [0.717, 1.165) is 22.7 Å². The van der Waals surface area contributed by atoms with E-state index in [1.165, 1.54) is 38.2 Å². The molecule has 2 aromatic carbocycles. The Balaban J connectivity index is 1.09. The third kappa shape index (κ3) is 12.1. The SMILES string of the molecule is CCC(C)C1CC(=O)N(CC(=O)NCCOC(=O)[C@H](C)CC(=O)c2cc3c(F)c(OCCCOc4c(OC)cc5c(c4F)CN(C(=O)C[C@@H](C)C(=O)OC(C)C)C5)c(OC)cc3s2)C1=O. The Morgan fingerprint density at radius 1 is 0.846 bits per heavy atom. The first-order chi connectivity index (χ1) is 30.9. The molecule has 65 heavy (non-hydrogen) atoms. The van der Waals surface area contributed by atoms with Crippen LogP contribution in [0, 0.1) is 35.3 Å². The molecule has 19 heteroatoms. The number of benzene rings is 2. The molecule has 1 fully saturated rings. The molecule has 354 valence electrons. The van der Waals surface area contributed by atoms with E-state index in [1.807, 2.05) is 13.8 Å². The zero-order chi connectivity index (χ0) is 47.7. The summed E-state index contributed by atoms with van der Waals surface area (Å²) >= 11 is 1.02. The number of amides is 4. The zero-order valence-corrected chi connectivity index (χ0v) is 38.8. The van der Waals surface area contributed by atoms with Gasteiger partial charge in [0, 0.05) is 66.4 Å². The number of nitrogens with one attached hydrogen (secondary N) is 1. The van der Waals surface area contributed by atoms with Crippen LogP contribution in [0.4, 0.5) is 8.78 Å². The number of thiophene rings is 1. The quantitative estimate of drug-likeness (QED) is 0.0493. The molecular weight excluding hydrogens is 873 g/mol.